The van der Waals surface area contributed by atoms with E-state index in [0.29, 0.717) is 18.5 Å². The molecule has 1 aromatic heterocycles. The monoisotopic (exact) mass is 465 g/mol. The third kappa shape index (κ3) is 5.95. The zero-order valence-electron chi connectivity index (χ0n) is 15.3. The number of guanidine groups is 1. The molecule has 0 saturated carbocycles. The molecule has 1 atom stereocenters. The first kappa shape index (κ1) is 20.6. The van der Waals surface area contributed by atoms with Gasteiger partial charge in [0.05, 0.1) is 6.54 Å². The molecule has 1 aliphatic rings. The number of aliphatic imine (C=N–C) groups is 1. The molecule has 2 aromatic rings. The van der Waals surface area contributed by atoms with Crippen LogP contribution in [0.3, 0.4) is 0 Å². The number of nitrogens with two attached hydrogens (primary N) is 1. The minimum atomic E-state index is 0. The Morgan fingerprint density at radius 3 is 2.77 bits per heavy atom. The van der Waals surface area contributed by atoms with Crippen molar-refractivity contribution in [2.24, 2.45) is 10.7 Å². The second-order valence-electron chi connectivity index (χ2n) is 6.56. The Kier molecular flexibility index (Phi) is 8.31. The molecule has 0 radical (unpaired) electrons. The average Bonchev–Trinajstić information content (AvgIpc) is 2.66. The van der Waals surface area contributed by atoms with Crippen LogP contribution in [0.4, 0.5) is 0 Å². The first-order chi connectivity index (χ1) is 12.2. The van der Waals surface area contributed by atoms with E-state index in [0.717, 1.165) is 38.2 Å². The highest BCUT2D eigenvalue weighted by molar-refractivity contribution is 14.0. The minimum Gasteiger partial charge on any atom is -0.370 e. The van der Waals surface area contributed by atoms with Crippen molar-refractivity contribution in [3.05, 3.63) is 65.5 Å². The maximum absolute atomic E-state index is 5.99. The highest BCUT2D eigenvalue weighted by atomic mass is 127. The van der Waals surface area contributed by atoms with E-state index in [9.17, 15) is 0 Å². The molecule has 0 saturated heterocycles. The molecule has 1 unspecified atom stereocenters. The van der Waals surface area contributed by atoms with Crippen molar-refractivity contribution in [2.75, 3.05) is 19.6 Å². The topological polar surface area (TPSA) is 66.5 Å². The van der Waals surface area contributed by atoms with Crippen LogP contribution in [0, 0.1) is 0 Å². The largest absolute Gasteiger partial charge is 0.370 e. The third-order valence-electron chi connectivity index (χ3n) is 4.72. The average molecular weight is 465 g/mol. The van der Waals surface area contributed by atoms with Crippen molar-refractivity contribution < 1.29 is 0 Å². The minimum absolute atomic E-state index is 0. The van der Waals surface area contributed by atoms with Gasteiger partial charge < -0.3 is 11.1 Å². The number of hydrogen-bond donors (Lipinski definition) is 2. The van der Waals surface area contributed by atoms with Gasteiger partial charge in [0.2, 0.25) is 0 Å². The van der Waals surface area contributed by atoms with Gasteiger partial charge in [0.25, 0.3) is 0 Å². The lowest BCUT2D eigenvalue weighted by Gasteiger charge is -2.33. The molecule has 2 heterocycles. The Morgan fingerprint density at radius 2 is 2.00 bits per heavy atom. The molecule has 0 fully saturated rings. The maximum atomic E-state index is 5.99. The number of nitrogens with one attached hydrogen (secondary N) is 1. The van der Waals surface area contributed by atoms with E-state index in [2.05, 4.69) is 51.4 Å². The summed E-state index contributed by atoms with van der Waals surface area (Å²) in [6, 6.07) is 15.0. The molecule has 3 rings (SSSR count). The van der Waals surface area contributed by atoms with Crippen LogP contribution in [0.15, 0.2) is 53.7 Å². The Hall–Kier alpha value is -1.67. The fraction of sp³-hybridized carbons (Fsp3) is 0.400. The van der Waals surface area contributed by atoms with Crippen molar-refractivity contribution in [1.82, 2.24) is 15.2 Å². The SMILES string of the molecule is CC(CN=C(N)NCCc1ccccn1)N1CCc2ccccc2C1.I. The summed E-state index contributed by atoms with van der Waals surface area (Å²) in [5, 5.41) is 3.17. The Labute approximate surface area is 173 Å². The van der Waals surface area contributed by atoms with Gasteiger partial charge in [-0.05, 0) is 36.6 Å². The molecule has 140 valence electrons. The number of aromatic nitrogens is 1. The molecule has 26 heavy (non-hydrogen) atoms. The van der Waals surface area contributed by atoms with Gasteiger partial charge in [0.15, 0.2) is 5.96 Å². The smallest absolute Gasteiger partial charge is 0.188 e. The van der Waals surface area contributed by atoms with Gasteiger partial charge in [-0.1, -0.05) is 30.3 Å². The highest BCUT2D eigenvalue weighted by Crippen LogP contribution is 2.20. The number of rotatable bonds is 6. The van der Waals surface area contributed by atoms with Crippen LogP contribution in [-0.4, -0.2) is 41.5 Å². The standard InChI is InChI=1S/C20H27N5.HI/c1-16(25-13-10-17-6-2-3-7-18(17)15-25)14-24-20(21)23-12-9-19-8-4-5-11-22-19;/h2-8,11,16H,9-10,12-15H2,1H3,(H3,21,23,24);1H. The zero-order valence-corrected chi connectivity index (χ0v) is 17.6. The normalized spacial score (nSPS) is 15.7. The molecule has 1 aliphatic heterocycles. The molecular formula is C20H28IN5. The molecule has 0 aliphatic carbocycles. The van der Waals surface area contributed by atoms with E-state index in [1.54, 1.807) is 0 Å². The van der Waals surface area contributed by atoms with Crippen LogP contribution < -0.4 is 11.1 Å². The summed E-state index contributed by atoms with van der Waals surface area (Å²) in [4.78, 5) is 11.3. The van der Waals surface area contributed by atoms with E-state index < -0.39 is 0 Å². The quantitative estimate of drug-likeness (QED) is 0.391. The van der Waals surface area contributed by atoms with Crippen molar-refractivity contribution in [1.29, 1.82) is 0 Å². The molecule has 0 spiro atoms. The molecule has 5 nitrogen and oxygen atoms in total. The number of pyridine rings is 1. The van der Waals surface area contributed by atoms with Crippen molar-refractivity contribution in [3.8, 4) is 0 Å². The van der Waals surface area contributed by atoms with Crippen LogP contribution in [0.5, 0.6) is 0 Å². The van der Waals surface area contributed by atoms with Gasteiger partial charge >= 0.3 is 0 Å². The Bertz CT molecular complexity index is 704. The van der Waals surface area contributed by atoms with Crippen LogP contribution in [0.2, 0.25) is 0 Å². The van der Waals surface area contributed by atoms with E-state index in [1.165, 1.54) is 11.1 Å². The summed E-state index contributed by atoms with van der Waals surface area (Å²) >= 11 is 0. The first-order valence-corrected chi connectivity index (χ1v) is 8.97. The summed E-state index contributed by atoms with van der Waals surface area (Å²) in [6.07, 6.45) is 3.77. The van der Waals surface area contributed by atoms with Crippen LogP contribution in [-0.2, 0) is 19.4 Å². The van der Waals surface area contributed by atoms with Crippen LogP contribution in [0.25, 0.3) is 0 Å². The number of halogens is 1. The van der Waals surface area contributed by atoms with Gasteiger partial charge in [-0.3, -0.25) is 14.9 Å². The highest BCUT2D eigenvalue weighted by Gasteiger charge is 2.19. The molecule has 6 heteroatoms. The van der Waals surface area contributed by atoms with E-state index in [1.807, 2.05) is 24.4 Å². The number of benzene rings is 1. The van der Waals surface area contributed by atoms with Crippen molar-refractivity contribution in [2.45, 2.75) is 32.4 Å². The molecule has 3 N–H and O–H groups in total. The Morgan fingerprint density at radius 1 is 1.23 bits per heavy atom. The summed E-state index contributed by atoms with van der Waals surface area (Å²) in [6.45, 7) is 5.77. The summed E-state index contributed by atoms with van der Waals surface area (Å²) < 4.78 is 0. The van der Waals surface area contributed by atoms with Crippen LogP contribution in [0.1, 0.15) is 23.7 Å². The van der Waals surface area contributed by atoms with Gasteiger partial charge in [0.1, 0.15) is 0 Å². The van der Waals surface area contributed by atoms with Crippen LogP contribution >= 0.6 is 24.0 Å². The molecule has 1 aromatic carbocycles. The Balaban J connectivity index is 0.00000243. The van der Waals surface area contributed by atoms with E-state index in [-0.39, 0.29) is 24.0 Å². The summed E-state index contributed by atoms with van der Waals surface area (Å²) in [7, 11) is 0. The summed E-state index contributed by atoms with van der Waals surface area (Å²) in [5.41, 5.74) is 9.96. The fourth-order valence-corrected chi connectivity index (χ4v) is 3.16. The van der Waals surface area contributed by atoms with Gasteiger partial charge in [0, 0.05) is 44.0 Å². The van der Waals surface area contributed by atoms with Gasteiger partial charge in [-0.15, -0.1) is 24.0 Å². The van der Waals surface area contributed by atoms with Gasteiger partial charge in [-0.2, -0.15) is 0 Å². The van der Waals surface area contributed by atoms with E-state index in [4.69, 9.17) is 5.73 Å². The maximum Gasteiger partial charge on any atom is 0.188 e. The van der Waals surface area contributed by atoms with Crippen molar-refractivity contribution >= 4 is 29.9 Å². The first-order valence-electron chi connectivity index (χ1n) is 8.97. The van der Waals surface area contributed by atoms with Crippen molar-refractivity contribution in [3.63, 3.8) is 0 Å². The predicted molar refractivity (Wildman–Crippen MR) is 118 cm³/mol. The fourth-order valence-electron chi connectivity index (χ4n) is 3.16. The summed E-state index contributed by atoms with van der Waals surface area (Å²) in [5.74, 6) is 0.514. The van der Waals surface area contributed by atoms with E-state index >= 15 is 0 Å². The van der Waals surface area contributed by atoms with Gasteiger partial charge in [-0.25, -0.2) is 0 Å². The second kappa shape index (κ2) is 10.5. The molecular weight excluding hydrogens is 437 g/mol. The zero-order chi connectivity index (χ0) is 17.5. The molecule has 0 bridgehead atoms. The lowest BCUT2D eigenvalue weighted by molar-refractivity contribution is 0.195. The second-order valence-corrected chi connectivity index (χ2v) is 6.56. The lowest BCUT2D eigenvalue weighted by atomic mass is 9.99. The number of nitrogens with zero attached hydrogens (tertiary/aromatic N) is 3. The number of fused-ring (bicyclic) bond motifs is 1. The number of hydrogen-bond acceptors (Lipinski definition) is 3. The third-order valence-corrected chi connectivity index (χ3v) is 4.72. The predicted octanol–water partition coefficient (Wildman–Crippen LogP) is 2.59. The molecule has 0 amide bonds. The lowest BCUT2D eigenvalue weighted by Crippen LogP contribution is -2.40.